The second kappa shape index (κ2) is 5.85. The number of nitrogens with one attached hydrogen (secondary N) is 1. The molecule has 1 unspecified atom stereocenters. The van der Waals surface area contributed by atoms with Crippen molar-refractivity contribution in [3.8, 4) is 0 Å². The lowest BCUT2D eigenvalue weighted by Gasteiger charge is -2.27. The average molecular weight is 311 g/mol. The molecule has 0 spiro atoms. The molecule has 1 aliphatic rings. The zero-order valence-corrected chi connectivity index (χ0v) is 12.5. The number of carbonyl (C=O) groups excluding carboxylic acids is 1. The molecule has 0 saturated carbocycles. The highest BCUT2D eigenvalue weighted by molar-refractivity contribution is 9.10. The van der Waals surface area contributed by atoms with Crippen molar-refractivity contribution in [2.24, 2.45) is 0 Å². The van der Waals surface area contributed by atoms with E-state index in [2.05, 4.69) is 21.2 Å². The Kier molecular flexibility index (Phi) is 4.40. The number of rotatable bonds is 3. The van der Waals surface area contributed by atoms with Crippen molar-refractivity contribution in [2.75, 3.05) is 19.6 Å². The van der Waals surface area contributed by atoms with Gasteiger partial charge in [0.25, 0.3) is 5.91 Å². The normalized spacial score (nSPS) is 18.9. The van der Waals surface area contributed by atoms with Crippen molar-refractivity contribution in [1.29, 1.82) is 0 Å². The van der Waals surface area contributed by atoms with Crippen molar-refractivity contribution >= 4 is 21.8 Å². The molecule has 2 rings (SSSR count). The third-order valence-electron chi connectivity index (χ3n) is 3.37. The maximum absolute atomic E-state index is 12.5. The predicted octanol–water partition coefficient (Wildman–Crippen LogP) is 2.58. The second-order valence-corrected chi connectivity index (χ2v) is 5.67. The van der Waals surface area contributed by atoms with Crippen LogP contribution >= 0.6 is 15.9 Å². The van der Waals surface area contributed by atoms with E-state index in [1.165, 1.54) is 0 Å². The molecule has 1 fully saturated rings. The van der Waals surface area contributed by atoms with Crippen molar-refractivity contribution in [1.82, 2.24) is 10.2 Å². The van der Waals surface area contributed by atoms with Gasteiger partial charge in [-0.2, -0.15) is 0 Å². The van der Waals surface area contributed by atoms with Gasteiger partial charge in [-0.25, -0.2) is 0 Å². The van der Waals surface area contributed by atoms with Gasteiger partial charge in [0.05, 0.1) is 0 Å². The van der Waals surface area contributed by atoms with Gasteiger partial charge in [0.2, 0.25) is 0 Å². The Morgan fingerprint density at radius 3 is 2.83 bits per heavy atom. The number of benzene rings is 1. The Morgan fingerprint density at radius 2 is 2.28 bits per heavy atom. The summed E-state index contributed by atoms with van der Waals surface area (Å²) >= 11 is 3.45. The summed E-state index contributed by atoms with van der Waals surface area (Å²) in [4.78, 5) is 14.5. The van der Waals surface area contributed by atoms with Gasteiger partial charge >= 0.3 is 0 Å². The van der Waals surface area contributed by atoms with E-state index in [0.717, 1.165) is 41.7 Å². The first-order chi connectivity index (χ1) is 8.61. The molecule has 4 heteroatoms. The maximum atomic E-state index is 12.5. The minimum absolute atomic E-state index is 0.135. The van der Waals surface area contributed by atoms with E-state index in [1.54, 1.807) is 0 Å². The Morgan fingerprint density at radius 1 is 1.50 bits per heavy atom. The quantitative estimate of drug-likeness (QED) is 0.930. The fraction of sp³-hybridized carbons (Fsp3) is 0.500. The van der Waals surface area contributed by atoms with Crippen LogP contribution in [0.4, 0.5) is 0 Å². The summed E-state index contributed by atoms with van der Waals surface area (Å²) in [5.74, 6) is 0.135. The van der Waals surface area contributed by atoms with E-state index in [4.69, 9.17) is 0 Å². The van der Waals surface area contributed by atoms with Gasteiger partial charge in [-0.05, 0) is 50.6 Å². The van der Waals surface area contributed by atoms with Crippen LogP contribution in [0.25, 0.3) is 0 Å². The van der Waals surface area contributed by atoms with Crippen LogP contribution in [0.1, 0.15) is 29.3 Å². The number of amides is 1. The molecule has 0 aliphatic carbocycles. The molecule has 1 heterocycles. The summed E-state index contributed by atoms with van der Waals surface area (Å²) in [6.45, 7) is 6.73. The predicted molar refractivity (Wildman–Crippen MR) is 76.9 cm³/mol. The molecule has 98 valence electrons. The first-order valence-corrected chi connectivity index (χ1v) is 7.20. The monoisotopic (exact) mass is 310 g/mol. The standard InChI is InChI=1S/C14H19BrN2O/c1-3-17(13-4-5-16-9-13)14(18)11-6-10(2)7-12(15)8-11/h6-8,13,16H,3-5,9H2,1-2H3. The Bertz CT molecular complexity index is 421. The number of aryl methyl sites for hydroxylation is 1. The van der Waals surface area contributed by atoms with Crippen LogP contribution in [0, 0.1) is 6.92 Å². The number of hydrogen-bond donors (Lipinski definition) is 1. The summed E-state index contributed by atoms with van der Waals surface area (Å²) < 4.78 is 0.964. The van der Waals surface area contributed by atoms with E-state index in [1.807, 2.05) is 36.9 Å². The summed E-state index contributed by atoms with van der Waals surface area (Å²) in [5, 5.41) is 3.31. The van der Waals surface area contributed by atoms with Crippen molar-refractivity contribution < 1.29 is 4.79 Å². The molecule has 1 aromatic carbocycles. The van der Waals surface area contributed by atoms with Crippen molar-refractivity contribution in [2.45, 2.75) is 26.3 Å². The number of halogens is 1. The lowest BCUT2D eigenvalue weighted by Crippen LogP contribution is -2.41. The van der Waals surface area contributed by atoms with Gasteiger partial charge in [0.1, 0.15) is 0 Å². The highest BCUT2D eigenvalue weighted by Gasteiger charge is 2.26. The van der Waals surface area contributed by atoms with Gasteiger partial charge < -0.3 is 10.2 Å². The summed E-state index contributed by atoms with van der Waals surface area (Å²) in [6, 6.07) is 6.21. The van der Waals surface area contributed by atoms with Crippen LogP contribution < -0.4 is 5.32 Å². The Labute approximate surface area is 117 Å². The molecule has 1 atom stereocenters. The fourth-order valence-electron chi connectivity index (χ4n) is 2.50. The van der Waals surface area contributed by atoms with Gasteiger partial charge in [-0.1, -0.05) is 15.9 Å². The first kappa shape index (κ1) is 13.6. The highest BCUT2D eigenvalue weighted by atomic mass is 79.9. The summed E-state index contributed by atoms with van der Waals surface area (Å²) in [5.41, 5.74) is 1.88. The molecule has 0 aromatic heterocycles. The third kappa shape index (κ3) is 2.93. The van der Waals surface area contributed by atoms with Crippen LogP contribution in [-0.4, -0.2) is 36.5 Å². The fourth-order valence-corrected chi connectivity index (χ4v) is 3.11. The molecular formula is C14H19BrN2O. The van der Waals surface area contributed by atoms with Crippen molar-refractivity contribution in [3.63, 3.8) is 0 Å². The molecule has 0 radical (unpaired) electrons. The molecule has 3 nitrogen and oxygen atoms in total. The van der Waals surface area contributed by atoms with Gasteiger partial charge in [-0.15, -0.1) is 0 Å². The lowest BCUT2D eigenvalue weighted by molar-refractivity contribution is 0.0703. The van der Waals surface area contributed by atoms with Crippen LogP contribution in [0.3, 0.4) is 0 Å². The van der Waals surface area contributed by atoms with Gasteiger partial charge in [0.15, 0.2) is 0 Å². The third-order valence-corrected chi connectivity index (χ3v) is 3.82. The first-order valence-electron chi connectivity index (χ1n) is 6.40. The number of nitrogens with zero attached hydrogens (tertiary/aromatic N) is 1. The lowest BCUT2D eigenvalue weighted by atomic mass is 10.1. The number of hydrogen-bond acceptors (Lipinski definition) is 2. The minimum atomic E-state index is 0.135. The smallest absolute Gasteiger partial charge is 0.254 e. The SMILES string of the molecule is CCN(C(=O)c1cc(C)cc(Br)c1)C1CCNC1. The van der Waals surface area contributed by atoms with E-state index >= 15 is 0 Å². The molecule has 0 bridgehead atoms. The molecule has 1 saturated heterocycles. The van der Waals surface area contributed by atoms with Gasteiger partial charge in [-0.3, -0.25) is 4.79 Å². The van der Waals surface area contributed by atoms with Crippen LogP contribution in [0.2, 0.25) is 0 Å². The Balaban J connectivity index is 2.22. The Hall–Kier alpha value is -0.870. The van der Waals surface area contributed by atoms with Gasteiger partial charge in [0, 0.05) is 29.2 Å². The summed E-state index contributed by atoms with van der Waals surface area (Å²) in [6.07, 6.45) is 1.05. The molecule has 1 amide bonds. The van der Waals surface area contributed by atoms with E-state index in [0.29, 0.717) is 6.04 Å². The largest absolute Gasteiger partial charge is 0.335 e. The molecule has 1 aromatic rings. The van der Waals surface area contributed by atoms with E-state index < -0.39 is 0 Å². The second-order valence-electron chi connectivity index (χ2n) is 4.76. The highest BCUT2D eigenvalue weighted by Crippen LogP contribution is 2.19. The van der Waals surface area contributed by atoms with Crippen LogP contribution in [0.5, 0.6) is 0 Å². The molecule has 1 aliphatic heterocycles. The number of likely N-dealkylation sites (N-methyl/N-ethyl adjacent to an activating group) is 1. The maximum Gasteiger partial charge on any atom is 0.254 e. The molecule has 1 N–H and O–H groups in total. The van der Waals surface area contributed by atoms with Crippen LogP contribution in [0.15, 0.2) is 22.7 Å². The zero-order chi connectivity index (χ0) is 13.1. The summed E-state index contributed by atoms with van der Waals surface area (Å²) in [7, 11) is 0. The topological polar surface area (TPSA) is 32.3 Å². The average Bonchev–Trinajstić information content (AvgIpc) is 2.82. The van der Waals surface area contributed by atoms with E-state index in [9.17, 15) is 4.79 Å². The minimum Gasteiger partial charge on any atom is -0.335 e. The molecule has 18 heavy (non-hydrogen) atoms. The zero-order valence-electron chi connectivity index (χ0n) is 10.9. The van der Waals surface area contributed by atoms with Crippen molar-refractivity contribution in [3.05, 3.63) is 33.8 Å². The molecular weight excluding hydrogens is 292 g/mol. The number of carbonyl (C=O) groups is 1. The van der Waals surface area contributed by atoms with E-state index in [-0.39, 0.29) is 5.91 Å². The van der Waals surface area contributed by atoms with Crippen LogP contribution in [-0.2, 0) is 0 Å².